The number of carbonyl (C=O) groups is 1. The van der Waals surface area contributed by atoms with Gasteiger partial charge in [-0.25, -0.2) is 0 Å². The van der Waals surface area contributed by atoms with Crippen LogP contribution >= 0.6 is 0 Å². The van der Waals surface area contributed by atoms with E-state index in [0.29, 0.717) is 23.6 Å². The summed E-state index contributed by atoms with van der Waals surface area (Å²) in [6, 6.07) is 17.0. The molecule has 128 valence electrons. The van der Waals surface area contributed by atoms with Gasteiger partial charge in [-0.1, -0.05) is 25.1 Å². The molecule has 0 unspecified atom stereocenters. The van der Waals surface area contributed by atoms with Gasteiger partial charge in [-0.05, 0) is 36.4 Å². The Morgan fingerprint density at radius 1 is 1.00 bits per heavy atom. The van der Waals surface area contributed by atoms with Gasteiger partial charge in [0.25, 0.3) is 0 Å². The zero-order chi connectivity index (χ0) is 17.9. The fourth-order valence-corrected chi connectivity index (χ4v) is 2.57. The van der Waals surface area contributed by atoms with Crippen molar-refractivity contribution in [1.29, 1.82) is 0 Å². The van der Waals surface area contributed by atoms with Crippen LogP contribution in [0.1, 0.15) is 13.3 Å². The third-order valence-electron chi connectivity index (χ3n) is 3.94. The SMILES string of the molecule is CCC(=O)Nc1ccc(-c2ccc3nnc(-c4ccccn4)n3n2)cc1. The standard InChI is InChI=1S/C19H16N6O/c1-2-18(26)21-14-8-6-13(7-9-14)15-10-11-17-22-23-19(25(17)24-15)16-5-3-4-12-20-16/h3-12H,2H2,1H3,(H,21,26). The van der Waals surface area contributed by atoms with Crippen LogP contribution in [0.4, 0.5) is 5.69 Å². The Labute approximate surface area is 149 Å². The summed E-state index contributed by atoms with van der Waals surface area (Å²) >= 11 is 0. The smallest absolute Gasteiger partial charge is 0.224 e. The Bertz CT molecular complexity index is 1060. The third-order valence-corrected chi connectivity index (χ3v) is 3.94. The van der Waals surface area contributed by atoms with E-state index in [1.807, 2.05) is 61.5 Å². The van der Waals surface area contributed by atoms with Gasteiger partial charge in [-0.3, -0.25) is 9.78 Å². The van der Waals surface area contributed by atoms with E-state index < -0.39 is 0 Å². The predicted octanol–water partition coefficient (Wildman–Crippen LogP) is 3.20. The van der Waals surface area contributed by atoms with Gasteiger partial charge in [0.05, 0.1) is 5.69 Å². The lowest BCUT2D eigenvalue weighted by Crippen LogP contribution is -2.09. The molecule has 0 fully saturated rings. The fourth-order valence-electron chi connectivity index (χ4n) is 2.57. The minimum Gasteiger partial charge on any atom is -0.326 e. The van der Waals surface area contributed by atoms with Crippen molar-refractivity contribution >= 4 is 17.2 Å². The largest absolute Gasteiger partial charge is 0.326 e. The monoisotopic (exact) mass is 344 g/mol. The Hall–Kier alpha value is -3.61. The normalized spacial score (nSPS) is 10.8. The van der Waals surface area contributed by atoms with Crippen molar-refractivity contribution < 1.29 is 4.79 Å². The molecular formula is C19H16N6O. The average Bonchev–Trinajstić information content (AvgIpc) is 3.12. The number of hydrogen-bond donors (Lipinski definition) is 1. The van der Waals surface area contributed by atoms with Crippen LogP contribution in [0.5, 0.6) is 0 Å². The van der Waals surface area contributed by atoms with Gasteiger partial charge in [0.15, 0.2) is 5.65 Å². The highest BCUT2D eigenvalue weighted by molar-refractivity contribution is 5.90. The number of hydrogen-bond acceptors (Lipinski definition) is 5. The molecule has 1 aromatic carbocycles. The molecule has 7 nitrogen and oxygen atoms in total. The Morgan fingerprint density at radius 2 is 1.85 bits per heavy atom. The van der Waals surface area contributed by atoms with Gasteiger partial charge < -0.3 is 5.32 Å². The second-order valence-electron chi connectivity index (χ2n) is 5.71. The Morgan fingerprint density at radius 3 is 2.58 bits per heavy atom. The van der Waals surface area contributed by atoms with E-state index >= 15 is 0 Å². The molecule has 0 aliphatic rings. The van der Waals surface area contributed by atoms with Gasteiger partial charge in [-0.2, -0.15) is 9.61 Å². The van der Waals surface area contributed by atoms with E-state index in [1.54, 1.807) is 10.7 Å². The fraction of sp³-hybridized carbons (Fsp3) is 0.105. The zero-order valence-electron chi connectivity index (χ0n) is 14.1. The lowest BCUT2D eigenvalue weighted by molar-refractivity contribution is -0.115. The summed E-state index contributed by atoms with van der Waals surface area (Å²) in [7, 11) is 0. The second-order valence-corrected chi connectivity index (χ2v) is 5.71. The molecule has 7 heteroatoms. The van der Waals surface area contributed by atoms with Crippen molar-refractivity contribution in [3.63, 3.8) is 0 Å². The maximum atomic E-state index is 11.5. The predicted molar refractivity (Wildman–Crippen MR) is 98.4 cm³/mol. The second kappa shape index (κ2) is 6.72. The molecule has 3 aromatic heterocycles. The van der Waals surface area contributed by atoms with E-state index in [2.05, 4.69) is 25.6 Å². The molecule has 0 saturated carbocycles. The highest BCUT2D eigenvalue weighted by Crippen LogP contribution is 2.22. The first kappa shape index (κ1) is 15.9. The van der Waals surface area contributed by atoms with Crippen molar-refractivity contribution in [1.82, 2.24) is 24.8 Å². The number of nitrogens with zero attached hydrogens (tertiary/aromatic N) is 5. The number of carbonyl (C=O) groups excluding carboxylic acids is 1. The highest BCUT2D eigenvalue weighted by Gasteiger charge is 2.11. The molecule has 0 aliphatic heterocycles. The van der Waals surface area contributed by atoms with Crippen LogP contribution in [0.25, 0.3) is 28.4 Å². The molecule has 26 heavy (non-hydrogen) atoms. The lowest BCUT2D eigenvalue weighted by atomic mass is 10.1. The number of benzene rings is 1. The topological polar surface area (TPSA) is 85.1 Å². The van der Waals surface area contributed by atoms with Gasteiger partial charge in [0, 0.05) is 23.9 Å². The summed E-state index contributed by atoms with van der Waals surface area (Å²) in [5, 5.41) is 15.8. The van der Waals surface area contributed by atoms with E-state index in [-0.39, 0.29) is 5.91 Å². The minimum atomic E-state index is -0.0122. The average molecular weight is 344 g/mol. The van der Waals surface area contributed by atoms with Crippen LogP contribution in [-0.4, -0.2) is 30.7 Å². The summed E-state index contributed by atoms with van der Waals surface area (Å²) in [6.07, 6.45) is 2.16. The molecule has 0 saturated heterocycles. The lowest BCUT2D eigenvalue weighted by Gasteiger charge is -2.06. The molecular weight excluding hydrogens is 328 g/mol. The van der Waals surface area contributed by atoms with Gasteiger partial charge in [0.2, 0.25) is 11.7 Å². The number of amides is 1. The van der Waals surface area contributed by atoms with E-state index in [1.165, 1.54) is 0 Å². The molecule has 1 N–H and O–H groups in total. The van der Waals surface area contributed by atoms with Crippen LogP contribution in [0, 0.1) is 0 Å². The van der Waals surface area contributed by atoms with E-state index in [0.717, 1.165) is 16.9 Å². The first-order valence-electron chi connectivity index (χ1n) is 8.29. The first-order valence-corrected chi connectivity index (χ1v) is 8.29. The van der Waals surface area contributed by atoms with Crippen LogP contribution < -0.4 is 5.32 Å². The molecule has 0 spiro atoms. The van der Waals surface area contributed by atoms with Gasteiger partial charge >= 0.3 is 0 Å². The number of fused-ring (bicyclic) bond motifs is 1. The number of pyridine rings is 1. The molecule has 3 heterocycles. The number of rotatable bonds is 4. The van der Waals surface area contributed by atoms with Crippen molar-refractivity contribution in [3.05, 3.63) is 60.8 Å². The van der Waals surface area contributed by atoms with Crippen molar-refractivity contribution in [2.24, 2.45) is 0 Å². The third kappa shape index (κ3) is 3.02. The van der Waals surface area contributed by atoms with Crippen molar-refractivity contribution in [2.45, 2.75) is 13.3 Å². The summed E-state index contributed by atoms with van der Waals surface area (Å²) in [5.74, 6) is 0.580. The molecule has 0 bridgehead atoms. The number of nitrogens with one attached hydrogen (secondary N) is 1. The Balaban J connectivity index is 1.70. The van der Waals surface area contributed by atoms with Crippen LogP contribution in [0.3, 0.4) is 0 Å². The number of aromatic nitrogens is 5. The first-order chi connectivity index (χ1) is 12.7. The molecule has 4 rings (SSSR count). The zero-order valence-corrected chi connectivity index (χ0v) is 14.1. The molecule has 4 aromatic rings. The summed E-state index contributed by atoms with van der Waals surface area (Å²) in [6.45, 7) is 1.82. The van der Waals surface area contributed by atoms with Crippen LogP contribution in [0.2, 0.25) is 0 Å². The van der Waals surface area contributed by atoms with Crippen LogP contribution in [0.15, 0.2) is 60.8 Å². The Kier molecular flexibility index (Phi) is 4.10. The molecule has 0 aliphatic carbocycles. The van der Waals surface area contributed by atoms with E-state index in [4.69, 9.17) is 0 Å². The summed E-state index contributed by atoms with van der Waals surface area (Å²) < 4.78 is 1.68. The van der Waals surface area contributed by atoms with E-state index in [9.17, 15) is 4.79 Å². The molecule has 0 atom stereocenters. The van der Waals surface area contributed by atoms with Crippen molar-refractivity contribution in [3.8, 4) is 22.8 Å². The summed E-state index contributed by atoms with van der Waals surface area (Å²) in [4.78, 5) is 15.8. The van der Waals surface area contributed by atoms with Gasteiger partial charge in [-0.15, -0.1) is 10.2 Å². The van der Waals surface area contributed by atoms with Gasteiger partial charge in [0.1, 0.15) is 5.69 Å². The van der Waals surface area contributed by atoms with Crippen molar-refractivity contribution in [2.75, 3.05) is 5.32 Å². The minimum absolute atomic E-state index is 0.0122. The summed E-state index contributed by atoms with van der Waals surface area (Å²) in [5.41, 5.74) is 3.84. The maximum Gasteiger partial charge on any atom is 0.224 e. The highest BCUT2D eigenvalue weighted by atomic mass is 16.1. The van der Waals surface area contributed by atoms with Crippen LogP contribution in [-0.2, 0) is 4.79 Å². The molecule has 0 radical (unpaired) electrons. The molecule has 1 amide bonds. The maximum absolute atomic E-state index is 11.5. The quantitative estimate of drug-likeness (QED) is 0.614. The number of anilines is 1.